The smallest absolute Gasteiger partial charge is 0.326 e. The first-order valence-corrected chi connectivity index (χ1v) is 12.9. The molecule has 0 aliphatic carbocycles. The van der Waals surface area contributed by atoms with Crippen molar-refractivity contribution in [3.63, 3.8) is 0 Å². The standard InChI is InChI=1S/C21H38N4O6S2/c1-7-12(4)17(20(29)23-14(21(30)31)8-9-33-6)25-19(28)16(11(2)3)24-18(27)15(10-32)22-13(5)26/h11-12,14-17,32H,7-10H2,1-6H3,(H,22,26)(H,23,29)(H,24,27)(H,25,28)(H,30,31)/t12-,14-,15-,16-,17-/m0/s1. The van der Waals surface area contributed by atoms with Crippen LogP contribution < -0.4 is 21.3 Å². The largest absolute Gasteiger partial charge is 0.480 e. The van der Waals surface area contributed by atoms with E-state index >= 15 is 0 Å². The van der Waals surface area contributed by atoms with Gasteiger partial charge in [-0.25, -0.2) is 4.79 Å². The number of hydrogen-bond donors (Lipinski definition) is 6. The lowest BCUT2D eigenvalue weighted by molar-refractivity contribution is -0.142. The fourth-order valence-corrected chi connectivity index (χ4v) is 3.66. The number of amides is 4. The molecular formula is C21H38N4O6S2. The molecule has 0 aromatic carbocycles. The second-order valence-corrected chi connectivity index (χ2v) is 9.57. The molecule has 0 bridgehead atoms. The van der Waals surface area contributed by atoms with E-state index in [-0.39, 0.29) is 24.0 Å². The Hall–Kier alpha value is -1.95. The molecule has 4 amide bonds. The molecule has 190 valence electrons. The highest BCUT2D eigenvalue weighted by Crippen LogP contribution is 2.12. The van der Waals surface area contributed by atoms with Gasteiger partial charge in [0.2, 0.25) is 23.6 Å². The van der Waals surface area contributed by atoms with Crippen LogP contribution in [0.2, 0.25) is 0 Å². The topological polar surface area (TPSA) is 154 Å². The van der Waals surface area contributed by atoms with E-state index in [4.69, 9.17) is 0 Å². The summed E-state index contributed by atoms with van der Waals surface area (Å²) in [6.07, 6.45) is 2.65. The second-order valence-electron chi connectivity index (χ2n) is 8.22. The first kappa shape index (κ1) is 31.0. The maximum atomic E-state index is 13.0. The van der Waals surface area contributed by atoms with Gasteiger partial charge in [-0.2, -0.15) is 24.4 Å². The van der Waals surface area contributed by atoms with E-state index in [2.05, 4.69) is 33.9 Å². The summed E-state index contributed by atoms with van der Waals surface area (Å²) in [6.45, 7) is 8.37. The fraction of sp³-hybridized carbons (Fsp3) is 0.762. The van der Waals surface area contributed by atoms with Crippen LogP contribution in [-0.4, -0.2) is 76.6 Å². The lowest BCUT2D eigenvalue weighted by Gasteiger charge is -2.29. The molecule has 5 atom stereocenters. The number of nitrogens with one attached hydrogen (secondary N) is 4. The lowest BCUT2D eigenvalue weighted by atomic mass is 9.96. The zero-order chi connectivity index (χ0) is 25.7. The summed E-state index contributed by atoms with van der Waals surface area (Å²) in [6, 6.07) is -3.93. The molecule has 0 aliphatic rings. The van der Waals surface area contributed by atoms with Crippen LogP contribution in [0.5, 0.6) is 0 Å². The van der Waals surface area contributed by atoms with Gasteiger partial charge < -0.3 is 26.4 Å². The Morgan fingerprint density at radius 2 is 1.42 bits per heavy atom. The molecule has 0 unspecified atom stereocenters. The minimum absolute atomic E-state index is 0.0440. The molecule has 0 aromatic heterocycles. The Labute approximate surface area is 205 Å². The zero-order valence-electron chi connectivity index (χ0n) is 20.1. The molecule has 0 heterocycles. The predicted molar refractivity (Wildman–Crippen MR) is 132 cm³/mol. The third-order valence-corrected chi connectivity index (χ3v) is 6.15. The Bertz CT molecular complexity index is 692. The van der Waals surface area contributed by atoms with Gasteiger partial charge in [-0.3, -0.25) is 19.2 Å². The van der Waals surface area contributed by atoms with Crippen LogP contribution in [0.15, 0.2) is 0 Å². The van der Waals surface area contributed by atoms with E-state index in [0.717, 1.165) is 0 Å². The van der Waals surface area contributed by atoms with E-state index in [0.29, 0.717) is 12.2 Å². The molecule has 0 rings (SSSR count). The Morgan fingerprint density at radius 1 is 0.879 bits per heavy atom. The maximum Gasteiger partial charge on any atom is 0.326 e. The van der Waals surface area contributed by atoms with E-state index in [9.17, 15) is 29.1 Å². The molecule has 10 nitrogen and oxygen atoms in total. The summed E-state index contributed by atoms with van der Waals surface area (Å²) in [5, 5.41) is 19.7. The van der Waals surface area contributed by atoms with Crippen LogP contribution in [0.25, 0.3) is 0 Å². The van der Waals surface area contributed by atoms with Crippen molar-refractivity contribution < 1.29 is 29.1 Å². The Kier molecular flexibility index (Phi) is 14.9. The number of rotatable bonds is 15. The van der Waals surface area contributed by atoms with Gasteiger partial charge in [0.15, 0.2) is 0 Å². The number of aliphatic carboxylic acids is 1. The number of carbonyl (C=O) groups is 5. The van der Waals surface area contributed by atoms with Gasteiger partial charge in [0.05, 0.1) is 0 Å². The highest BCUT2D eigenvalue weighted by Gasteiger charge is 2.34. The minimum atomic E-state index is -1.14. The van der Waals surface area contributed by atoms with Gasteiger partial charge >= 0.3 is 5.97 Å². The average molecular weight is 507 g/mol. The van der Waals surface area contributed by atoms with Gasteiger partial charge in [-0.1, -0.05) is 34.1 Å². The first-order chi connectivity index (χ1) is 15.4. The summed E-state index contributed by atoms with van der Waals surface area (Å²) < 4.78 is 0. The van der Waals surface area contributed by atoms with Crippen molar-refractivity contribution in [3.05, 3.63) is 0 Å². The van der Waals surface area contributed by atoms with Gasteiger partial charge in [-0.05, 0) is 30.3 Å². The minimum Gasteiger partial charge on any atom is -0.480 e. The van der Waals surface area contributed by atoms with Crippen LogP contribution >= 0.6 is 24.4 Å². The van der Waals surface area contributed by atoms with E-state index < -0.39 is 53.8 Å². The summed E-state index contributed by atoms with van der Waals surface area (Å²) >= 11 is 5.54. The van der Waals surface area contributed by atoms with Crippen molar-refractivity contribution in [1.82, 2.24) is 21.3 Å². The number of carbonyl (C=O) groups excluding carboxylic acids is 4. The normalized spacial score (nSPS) is 15.5. The van der Waals surface area contributed by atoms with E-state index in [1.807, 2.05) is 13.2 Å². The molecule has 33 heavy (non-hydrogen) atoms. The summed E-state index contributed by atoms with van der Waals surface area (Å²) in [7, 11) is 0. The Balaban J connectivity index is 5.53. The fourth-order valence-electron chi connectivity index (χ4n) is 2.93. The van der Waals surface area contributed by atoms with Crippen LogP contribution in [0.1, 0.15) is 47.5 Å². The third kappa shape index (κ3) is 11.1. The van der Waals surface area contributed by atoms with Crippen molar-refractivity contribution >= 4 is 54.0 Å². The second kappa shape index (κ2) is 15.8. The molecule has 0 spiro atoms. The van der Waals surface area contributed by atoms with Crippen molar-refractivity contribution in [2.24, 2.45) is 11.8 Å². The number of thioether (sulfide) groups is 1. The Morgan fingerprint density at radius 3 is 1.85 bits per heavy atom. The quantitative estimate of drug-likeness (QED) is 0.176. The molecule has 0 saturated heterocycles. The monoisotopic (exact) mass is 506 g/mol. The van der Waals surface area contributed by atoms with Crippen molar-refractivity contribution in [2.75, 3.05) is 17.8 Å². The summed E-state index contributed by atoms with van der Waals surface area (Å²) in [5.74, 6) is -3.28. The number of thiol groups is 1. The van der Waals surface area contributed by atoms with Gasteiger partial charge in [0.25, 0.3) is 0 Å². The maximum absolute atomic E-state index is 13.0. The van der Waals surface area contributed by atoms with Crippen molar-refractivity contribution in [1.29, 1.82) is 0 Å². The highest BCUT2D eigenvalue weighted by molar-refractivity contribution is 7.98. The van der Waals surface area contributed by atoms with E-state index in [1.54, 1.807) is 20.8 Å². The van der Waals surface area contributed by atoms with Crippen molar-refractivity contribution in [2.45, 2.75) is 71.6 Å². The van der Waals surface area contributed by atoms with Crippen LogP contribution in [0.4, 0.5) is 0 Å². The number of hydrogen-bond acceptors (Lipinski definition) is 7. The highest BCUT2D eigenvalue weighted by atomic mass is 32.2. The summed E-state index contributed by atoms with van der Waals surface area (Å²) in [4.78, 5) is 61.3. The van der Waals surface area contributed by atoms with Crippen LogP contribution in [0.3, 0.4) is 0 Å². The summed E-state index contributed by atoms with van der Waals surface area (Å²) in [5.41, 5.74) is 0. The number of carboxylic acids is 1. The predicted octanol–water partition coefficient (Wildman–Crippen LogP) is 0.415. The average Bonchev–Trinajstić information content (AvgIpc) is 2.75. The first-order valence-electron chi connectivity index (χ1n) is 10.9. The molecule has 0 aliphatic heterocycles. The van der Waals surface area contributed by atoms with Gasteiger partial charge in [-0.15, -0.1) is 0 Å². The van der Waals surface area contributed by atoms with Gasteiger partial charge in [0, 0.05) is 12.7 Å². The number of carboxylic acid groups (broad SMARTS) is 1. The molecule has 0 radical (unpaired) electrons. The van der Waals surface area contributed by atoms with E-state index in [1.165, 1.54) is 18.7 Å². The molecule has 12 heteroatoms. The zero-order valence-corrected chi connectivity index (χ0v) is 21.8. The van der Waals surface area contributed by atoms with Crippen LogP contribution in [0, 0.1) is 11.8 Å². The molecule has 5 N–H and O–H groups in total. The van der Waals surface area contributed by atoms with Crippen LogP contribution in [-0.2, 0) is 24.0 Å². The molecular weight excluding hydrogens is 468 g/mol. The lowest BCUT2D eigenvalue weighted by Crippen LogP contribution is -2.60. The molecule has 0 fully saturated rings. The van der Waals surface area contributed by atoms with Gasteiger partial charge in [0.1, 0.15) is 24.2 Å². The van der Waals surface area contributed by atoms with Crippen molar-refractivity contribution in [3.8, 4) is 0 Å². The third-order valence-electron chi connectivity index (χ3n) is 5.14. The SMILES string of the molecule is CC[C@H](C)[C@H](NC(=O)[C@@H](NC(=O)[C@H](CS)NC(C)=O)C(C)C)C(=O)N[C@@H](CCSC)C(=O)O. The molecule has 0 saturated carbocycles. The molecule has 0 aromatic rings.